The van der Waals surface area contributed by atoms with Crippen molar-refractivity contribution in [1.82, 2.24) is 0 Å². The number of hydrogen-bond acceptors (Lipinski definition) is 2. The Morgan fingerprint density at radius 1 is 1.17 bits per heavy atom. The number of carbonyl (C=O) groups is 1. The van der Waals surface area contributed by atoms with E-state index in [0.29, 0.717) is 5.02 Å². The quantitative estimate of drug-likeness (QED) is 0.440. The van der Waals surface area contributed by atoms with E-state index < -0.39 is 34.4 Å². The second kappa shape index (κ2) is 8.27. The number of alkyl halides is 3. The summed E-state index contributed by atoms with van der Waals surface area (Å²) in [5.74, 6) is -1.79. The largest absolute Gasteiger partial charge is 0.461 e. The molecule has 0 amide bonds. The number of benzene rings is 2. The zero-order chi connectivity index (χ0) is 22.3. The molecule has 1 fully saturated rings. The SMILES string of the molecule is Cc1c(COC(=O)[C@@H]2[C@H](/C=C(\Cl)C(F)(F)F)C2(C)C)cccc1-c1ccc(Cl)cc1. The van der Waals surface area contributed by atoms with Gasteiger partial charge in [-0.2, -0.15) is 13.2 Å². The van der Waals surface area contributed by atoms with Gasteiger partial charge < -0.3 is 4.74 Å². The number of allylic oxidation sites excluding steroid dienone is 2. The van der Waals surface area contributed by atoms with Crippen LogP contribution in [0.3, 0.4) is 0 Å². The third kappa shape index (κ3) is 4.68. The molecule has 1 aliphatic rings. The average Bonchev–Trinajstić information content (AvgIpc) is 3.20. The maximum absolute atomic E-state index is 12.7. The Morgan fingerprint density at radius 2 is 1.80 bits per heavy atom. The Kier molecular flexibility index (Phi) is 6.26. The Bertz CT molecular complexity index is 979. The van der Waals surface area contributed by atoms with Crippen LogP contribution in [0.25, 0.3) is 11.1 Å². The zero-order valence-electron chi connectivity index (χ0n) is 16.7. The van der Waals surface area contributed by atoms with Gasteiger partial charge in [-0.25, -0.2) is 0 Å². The molecule has 1 aliphatic carbocycles. The number of rotatable bonds is 5. The number of esters is 1. The zero-order valence-corrected chi connectivity index (χ0v) is 18.2. The Balaban J connectivity index is 1.71. The highest BCUT2D eigenvalue weighted by Crippen LogP contribution is 2.60. The van der Waals surface area contributed by atoms with Crippen LogP contribution in [0.2, 0.25) is 5.02 Å². The molecule has 0 bridgehead atoms. The van der Waals surface area contributed by atoms with Gasteiger partial charge in [-0.15, -0.1) is 0 Å². The second-order valence-electron chi connectivity index (χ2n) is 8.04. The van der Waals surface area contributed by atoms with E-state index in [1.54, 1.807) is 26.0 Å². The minimum atomic E-state index is -4.62. The van der Waals surface area contributed by atoms with Crippen molar-refractivity contribution in [3.05, 3.63) is 69.7 Å². The summed E-state index contributed by atoms with van der Waals surface area (Å²) >= 11 is 11.3. The number of halogens is 5. The van der Waals surface area contributed by atoms with Crippen molar-refractivity contribution in [1.29, 1.82) is 0 Å². The van der Waals surface area contributed by atoms with Crippen LogP contribution in [0.5, 0.6) is 0 Å². The van der Waals surface area contributed by atoms with Crippen molar-refractivity contribution < 1.29 is 22.7 Å². The van der Waals surface area contributed by atoms with Crippen LogP contribution >= 0.6 is 23.2 Å². The minimum absolute atomic E-state index is 0.0438. The Labute approximate surface area is 183 Å². The summed E-state index contributed by atoms with van der Waals surface area (Å²) in [6.45, 7) is 5.44. The molecule has 3 rings (SSSR count). The topological polar surface area (TPSA) is 26.3 Å². The van der Waals surface area contributed by atoms with Crippen LogP contribution in [0.15, 0.2) is 53.6 Å². The molecule has 2 aromatic carbocycles. The van der Waals surface area contributed by atoms with Crippen molar-refractivity contribution in [2.75, 3.05) is 0 Å². The summed E-state index contributed by atoms with van der Waals surface area (Å²) in [5.41, 5.74) is 3.13. The summed E-state index contributed by atoms with van der Waals surface area (Å²) in [7, 11) is 0. The van der Waals surface area contributed by atoms with E-state index in [-0.39, 0.29) is 6.61 Å². The summed E-state index contributed by atoms with van der Waals surface area (Å²) in [6.07, 6.45) is -3.70. The van der Waals surface area contributed by atoms with Crippen molar-refractivity contribution in [3.8, 4) is 11.1 Å². The van der Waals surface area contributed by atoms with E-state index in [1.807, 2.05) is 37.3 Å². The van der Waals surface area contributed by atoms with Gasteiger partial charge in [-0.3, -0.25) is 4.79 Å². The maximum Gasteiger partial charge on any atom is 0.426 e. The highest BCUT2D eigenvalue weighted by atomic mass is 35.5. The normalized spacial score (nSPS) is 20.7. The van der Waals surface area contributed by atoms with E-state index in [4.69, 9.17) is 27.9 Å². The predicted molar refractivity (Wildman–Crippen MR) is 112 cm³/mol. The lowest BCUT2D eigenvalue weighted by Gasteiger charge is -2.13. The molecule has 0 heterocycles. The van der Waals surface area contributed by atoms with Crippen molar-refractivity contribution in [2.45, 2.75) is 33.6 Å². The van der Waals surface area contributed by atoms with E-state index in [1.165, 1.54) is 0 Å². The first-order valence-corrected chi connectivity index (χ1v) is 10.1. The molecule has 0 radical (unpaired) electrons. The molecule has 7 heteroatoms. The van der Waals surface area contributed by atoms with Crippen LogP contribution < -0.4 is 0 Å². The Hall–Kier alpha value is -1.98. The number of hydrogen-bond donors (Lipinski definition) is 0. The lowest BCUT2D eigenvalue weighted by molar-refractivity contribution is -0.147. The van der Waals surface area contributed by atoms with E-state index in [2.05, 4.69) is 0 Å². The monoisotopic (exact) mass is 456 g/mol. The molecule has 0 unspecified atom stereocenters. The second-order valence-corrected chi connectivity index (χ2v) is 8.89. The molecule has 30 heavy (non-hydrogen) atoms. The molecule has 0 N–H and O–H groups in total. The van der Waals surface area contributed by atoms with Gasteiger partial charge in [0.25, 0.3) is 0 Å². The first-order valence-electron chi connectivity index (χ1n) is 9.38. The van der Waals surface area contributed by atoms with E-state index in [0.717, 1.165) is 28.3 Å². The van der Waals surface area contributed by atoms with Crippen molar-refractivity contribution in [3.63, 3.8) is 0 Å². The van der Waals surface area contributed by atoms with Gasteiger partial charge in [0.2, 0.25) is 0 Å². The number of carbonyl (C=O) groups excluding carboxylic acids is 1. The van der Waals surface area contributed by atoms with Gasteiger partial charge in [0.15, 0.2) is 0 Å². The highest BCUT2D eigenvalue weighted by molar-refractivity contribution is 6.30. The first kappa shape index (κ1) is 22.7. The molecule has 160 valence electrons. The fraction of sp³-hybridized carbons (Fsp3) is 0.348. The summed E-state index contributed by atoms with van der Waals surface area (Å²) in [6, 6.07) is 13.1. The van der Waals surface area contributed by atoms with Gasteiger partial charge in [0.1, 0.15) is 11.6 Å². The standard InChI is InChI=1S/C23H21Cl2F3O2/c1-13-15(5-4-6-17(13)14-7-9-16(24)10-8-14)12-30-21(29)20-18(22(20,2)3)11-19(25)23(26,27)28/h4-11,18,20H,12H2,1-3H3/b19-11-/t18-,20-/m0/s1. The van der Waals surface area contributed by atoms with Crippen LogP contribution in [-0.4, -0.2) is 12.1 Å². The summed E-state index contributed by atoms with van der Waals surface area (Å²) in [5, 5.41) is -0.565. The van der Waals surface area contributed by atoms with E-state index >= 15 is 0 Å². The van der Waals surface area contributed by atoms with Crippen LogP contribution in [-0.2, 0) is 16.1 Å². The fourth-order valence-corrected chi connectivity index (χ4v) is 3.97. The van der Waals surface area contributed by atoms with Gasteiger partial charge in [0.05, 0.1) is 5.92 Å². The molecular formula is C23H21Cl2F3O2. The molecule has 0 spiro atoms. The van der Waals surface area contributed by atoms with Crippen molar-refractivity contribution in [2.24, 2.45) is 17.3 Å². The fourth-order valence-electron chi connectivity index (χ4n) is 3.71. The molecule has 0 aliphatic heterocycles. The third-order valence-corrected chi connectivity index (χ3v) is 6.32. The van der Waals surface area contributed by atoms with Crippen LogP contribution in [0.4, 0.5) is 13.2 Å². The van der Waals surface area contributed by atoms with Gasteiger partial charge in [-0.1, -0.05) is 73.5 Å². The van der Waals surface area contributed by atoms with Crippen LogP contribution in [0, 0.1) is 24.2 Å². The lowest BCUT2D eigenvalue weighted by atomic mass is 9.97. The van der Waals surface area contributed by atoms with Gasteiger partial charge in [-0.05, 0) is 52.6 Å². The van der Waals surface area contributed by atoms with Gasteiger partial charge in [0, 0.05) is 5.02 Å². The third-order valence-electron chi connectivity index (χ3n) is 5.73. The first-order chi connectivity index (χ1) is 13.9. The summed E-state index contributed by atoms with van der Waals surface area (Å²) < 4.78 is 43.6. The molecule has 2 aromatic rings. The van der Waals surface area contributed by atoms with Crippen molar-refractivity contribution >= 4 is 29.2 Å². The molecule has 2 atom stereocenters. The lowest BCUT2D eigenvalue weighted by Crippen LogP contribution is -2.11. The molecule has 2 nitrogen and oxygen atoms in total. The maximum atomic E-state index is 12.7. The molecule has 0 aromatic heterocycles. The Morgan fingerprint density at radius 3 is 2.40 bits per heavy atom. The smallest absolute Gasteiger partial charge is 0.426 e. The predicted octanol–water partition coefficient (Wildman–Crippen LogP) is 7.32. The highest BCUT2D eigenvalue weighted by Gasteiger charge is 2.62. The number of ether oxygens (including phenoxy) is 1. The minimum Gasteiger partial charge on any atom is -0.461 e. The van der Waals surface area contributed by atoms with Gasteiger partial charge >= 0.3 is 12.1 Å². The van der Waals surface area contributed by atoms with Crippen LogP contribution in [0.1, 0.15) is 25.0 Å². The summed E-state index contributed by atoms with van der Waals surface area (Å²) in [4.78, 5) is 12.5. The molecule has 0 saturated heterocycles. The molecular weight excluding hydrogens is 436 g/mol. The average molecular weight is 457 g/mol. The van der Waals surface area contributed by atoms with E-state index in [9.17, 15) is 18.0 Å². The molecule has 1 saturated carbocycles.